The van der Waals surface area contributed by atoms with Crippen molar-refractivity contribution in [1.82, 2.24) is 10.3 Å². The molecule has 3 aromatic rings. The van der Waals surface area contributed by atoms with Crippen molar-refractivity contribution in [2.24, 2.45) is 0 Å². The maximum absolute atomic E-state index is 11.9. The summed E-state index contributed by atoms with van der Waals surface area (Å²) in [6.45, 7) is 2.51. The monoisotopic (exact) mass is 438 g/mol. The number of oxazole rings is 1. The van der Waals surface area contributed by atoms with E-state index in [2.05, 4.69) is 10.3 Å². The summed E-state index contributed by atoms with van der Waals surface area (Å²) in [5.41, 5.74) is 4.02. The Bertz CT molecular complexity index is 971. The summed E-state index contributed by atoms with van der Waals surface area (Å²) in [5.74, 6) is 0.977. The molecule has 1 amide bonds. The molecule has 31 heavy (non-hydrogen) atoms. The number of benzene rings is 2. The first-order valence-corrected chi connectivity index (χ1v) is 11.3. The lowest BCUT2D eigenvalue weighted by Gasteiger charge is -2.07. The second-order valence-corrected chi connectivity index (χ2v) is 8.04. The molecule has 0 aliphatic carbocycles. The molecule has 0 atom stereocenters. The fourth-order valence-corrected chi connectivity index (χ4v) is 3.52. The Morgan fingerprint density at radius 2 is 1.87 bits per heavy atom. The number of nitrogens with one attached hydrogen (secondary N) is 1. The molecule has 1 heterocycles. The molecule has 1 N–H and O–H groups in total. The van der Waals surface area contributed by atoms with Crippen molar-refractivity contribution in [3.63, 3.8) is 0 Å². The lowest BCUT2D eigenvalue weighted by Crippen LogP contribution is -2.28. The molecular weight excluding hydrogens is 412 g/mol. The Labute approximate surface area is 186 Å². The van der Waals surface area contributed by atoms with Gasteiger partial charge in [-0.25, -0.2) is 4.98 Å². The van der Waals surface area contributed by atoms with Crippen LogP contribution in [0.1, 0.15) is 23.2 Å². The fourth-order valence-electron chi connectivity index (χ4n) is 2.82. The van der Waals surface area contributed by atoms with Gasteiger partial charge in [0.2, 0.25) is 11.8 Å². The number of nitrogens with zero attached hydrogens (tertiary/aromatic N) is 1. The molecular formula is C24H26N2O4S. The van der Waals surface area contributed by atoms with Gasteiger partial charge in [-0.15, -0.1) is 11.8 Å². The van der Waals surface area contributed by atoms with Crippen molar-refractivity contribution < 1.29 is 18.7 Å². The number of carbonyl (C=O) groups is 2. The van der Waals surface area contributed by atoms with E-state index in [4.69, 9.17) is 9.15 Å². The van der Waals surface area contributed by atoms with E-state index in [-0.39, 0.29) is 24.2 Å². The van der Waals surface area contributed by atoms with Crippen molar-refractivity contribution in [3.05, 3.63) is 77.7 Å². The van der Waals surface area contributed by atoms with Crippen LogP contribution in [0.4, 0.5) is 0 Å². The Kier molecular flexibility index (Phi) is 8.72. The average molecular weight is 439 g/mol. The van der Waals surface area contributed by atoms with Gasteiger partial charge in [-0.05, 0) is 31.0 Å². The summed E-state index contributed by atoms with van der Waals surface area (Å²) in [6, 6.07) is 17.8. The third kappa shape index (κ3) is 7.94. The number of hydrogen-bond acceptors (Lipinski definition) is 6. The number of amides is 1. The number of ether oxygens (including phenoxy) is 1. The first-order valence-electron chi connectivity index (χ1n) is 10.2. The predicted molar refractivity (Wildman–Crippen MR) is 122 cm³/mol. The van der Waals surface area contributed by atoms with Crippen molar-refractivity contribution in [2.75, 3.05) is 18.9 Å². The van der Waals surface area contributed by atoms with Gasteiger partial charge in [0.25, 0.3) is 0 Å². The van der Waals surface area contributed by atoms with Crippen LogP contribution in [0.5, 0.6) is 0 Å². The number of esters is 1. The third-order valence-corrected chi connectivity index (χ3v) is 5.43. The highest BCUT2D eigenvalue weighted by Crippen LogP contribution is 2.20. The van der Waals surface area contributed by atoms with Crippen LogP contribution >= 0.6 is 11.8 Å². The smallest absolute Gasteiger partial charge is 0.315 e. The van der Waals surface area contributed by atoms with E-state index >= 15 is 0 Å². The summed E-state index contributed by atoms with van der Waals surface area (Å²) in [4.78, 5) is 28.2. The average Bonchev–Trinajstić information content (AvgIpc) is 3.26. The summed E-state index contributed by atoms with van der Waals surface area (Å²) >= 11 is 1.41. The highest BCUT2D eigenvalue weighted by molar-refractivity contribution is 7.99. The first kappa shape index (κ1) is 22.6. The number of hydrogen-bond donors (Lipinski definition) is 1. The molecule has 1 aromatic heterocycles. The van der Waals surface area contributed by atoms with Crippen molar-refractivity contribution in [2.45, 2.75) is 25.5 Å². The van der Waals surface area contributed by atoms with Crippen LogP contribution in [0.15, 0.2) is 65.3 Å². The highest BCUT2D eigenvalue weighted by atomic mass is 32.2. The zero-order valence-electron chi connectivity index (χ0n) is 17.5. The molecule has 0 saturated heterocycles. The second kappa shape index (κ2) is 12.0. The maximum atomic E-state index is 11.9. The topological polar surface area (TPSA) is 81.4 Å². The molecule has 0 unspecified atom stereocenters. The zero-order chi connectivity index (χ0) is 21.9. The largest absolute Gasteiger partial charge is 0.463 e. The molecule has 0 aliphatic rings. The molecule has 0 fully saturated rings. The summed E-state index contributed by atoms with van der Waals surface area (Å²) in [7, 11) is 0. The molecule has 7 heteroatoms. The van der Waals surface area contributed by atoms with Crippen LogP contribution in [-0.2, 0) is 26.5 Å². The van der Waals surface area contributed by atoms with Gasteiger partial charge < -0.3 is 14.5 Å². The summed E-state index contributed by atoms with van der Waals surface area (Å²) in [6.07, 6.45) is 2.71. The molecule has 0 radical (unpaired) electrons. The fraction of sp³-hybridized carbons (Fsp3) is 0.292. The molecule has 0 spiro atoms. The minimum absolute atomic E-state index is 0.0498. The molecule has 0 bridgehead atoms. The quantitative estimate of drug-likeness (QED) is 0.357. The molecule has 162 valence electrons. The molecule has 6 nitrogen and oxygen atoms in total. The van der Waals surface area contributed by atoms with Gasteiger partial charge in [-0.3, -0.25) is 9.59 Å². The van der Waals surface area contributed by atoms with Crippen LogP contribution < -0.4 is 5.32 Å². The number of rotatable bonds is 11. The van der Waals surface area contributed by atoms with Crippen LogP contribution in [0.25, 0.3) is 11.5 Å². The Morgan fingerprint density at radius 3 is 2.65 bits per heavy atom. The van der Waals surface area contributed by atoms with Crippen molar-refractivity contribution >= 4 is 23.6 Å². The lowest BCUT2D eigenvalue weighted by molar-refractivity contribution is -0.140. The number of thioether (sulfide) groups is 1. The molecule has 2 aromatic carbocycles. The number of aromatic nitrogens is 1. The van der Waals surface area contributed by atoms with Gasteiger partial charge in [-0.2, -0.15) is 0 Å². The van der Waals surface area contributed by atoms with Gasteiger partial charge in [-0.1, -0.05) is 48.0 Å². The Balaban J connectivity index is 1.25. The van der Waals surface area contributed by atoms with Crippen LogP contribution in [-0.4, -0.2) is 35.8 Å². The Morgan fingerprint density at radius 1 is 1.10 bits per heavy atom. The first-order chi connectivity index (χ1) is 15.1. The normalized spacial score (nSPS) is 10.6. The SMILES string of the molecule is Cc1ccc(CCC(=O)NCCOC(=O)CSCc2coc(-c3ccccc3)n2)cc1. The molecule has 0 saturated carbocycles. The molecule has 3 rings (SSSR count). The minimum atomic E-state index is -0.314. The second-order valence-electron chi connectivity index (χ2n) is 7.06. The van der Waals surface area contributed by atoms with E-state index in [9.17, 15) is 9.59 Å². The highest BCUT2D eigenvalue weighted by Gasteiger charge is 2.09. The van der Waals surface area contributed by atoms with Gasteiger partial charge in [0.15, 0.2) is 0 Å². The maximum Gasteiger partial charge on any atom is 0.315 e. The lowest BCUT2D eigenvalue weighted by atomic mass is 10.1. The number of carbonyl (C=O) groups excluding carboxylic acids is 2. The van der Waals surface area contributed by atoms with E-state index < -0.39 is 0 Å². The van der Waals surface area contributed by atoms with Gasteiger partial charge in [0.05, 0.1) is 18.0 Å². The summed E-state index contributed by atoms with van der Waals surface area (Å²) in [5, 5.41) is 2.77. The van der Waals surface area contributed by atoms with Gasteiger partial charge >= 0.3 is 5.97 Å². The number of aryl methyl sites for hydroxylation is 2. The van der Waals surface area contributed by atoms with E-state index in [1.807, 2.05) is 61.5 Å². The van der Waals surface area contributed by atoms with Crippen LogP contribution in [0, 0.1) is 6.92 Å². The van der Waals surface area contributed by atoms with E-state index in [1.165, 1.54) is 17.3 Å². The van der Waals surface area contributed by atoms with Crippen molar-refractivity contribution in [1.29, 1.82) is 0 Å². The van der Waals surface area contributed by atoms with E-state index in [0.29, 0.717) is 31.0 Å². The molecule has 0 aliphatic heterocycles. The van der Waals surface area contributed by atoms with Crippen LogP contribution in [0.2, 0.25) is 0 Å². The minimum Gasteiger partial charge on any atom is -0.463 e. The van der Waals surface area contributed by atoms with Gasteiger partial charge in [0, 0.05) is 17.7 Å². The van der Waals surface area contributed by atoms with E-state index in [1.54, 1.807) is 6.26 Å². The summed E-state index contributed by atoms with van der Waals surface area (Å²) < 4.78 is 10.6. The standard InChI is InChI=1S/C24H26N2O4S/c1-18-7-9-19(10-8-18)11-12-22(27)25-13-14-29-23(28)17-31-16-21-15-30-24(26-21)20-5-3-2-4-6-20/h2-10,15H,11-14,16-17H2,1H3,(H,25,27). The predicted octanol–water partition coefficient (Wildman–Crippen LogP) is 4.18. The third-order valence-electron chi connectivity index (χ3n) is 4.49. The zero-order valence-corrected chi connectivity index (χ0v) is 18.3. The Hall–Kier alpha value is -3.06. The van der Waals surface area contributed by atoms with E-state index in [0.717, 1.165) is 16.8 Å². The van der Waals surface area contributed by atoms with Crippen molar-refractivity contribution in [3.8, 4) is 11.5 Å². The van der Waals surface area contributed by atoms with Gasteiger partial charge in [0.1, 0.15) is 12.9 Å². The van der Waals surface area contributed by atoms with Crippen LogP contribution in [0.3, 0.4) is 0 Å².